The highest BCUT2D eigenvalue weighted by atomic mass is 35.5. The van der Waals surface area contributed by atoms with Crippen LogP contribution in [0.2, 0.25) is 5.02 Å². The van der Waals surface area contributed by atoms with Crippen molar-refractivity contribution < 1.29 is 5.11 Å². The Kier molecular flexibility index (Phi) is 3.22. The van der Waals surface area contributed by atoms with Gasteiger partial charge in [-0.2, -0.15) is 0 Å². The van der Waals surface area contributed by atoms with Crippen molar-refractivity contribution in [1.29, 1.82) is 0 Å². The first kappa shape index (κ1) is 10.7. The minimum Gasteiger partial charge on any atom is -0.508 e. The van der Waals surface area contributed by atoms with E-state index >= 15 is 0 Å². The van der Waals surface area contributed by atoms with Gasteiger partial charge in [0.15, 0.2) is 0 Å². The van der Waals surface area contributed by atoms with Crippen LogP contribution in [0.1, 0.15) is 5.56 Å². The number of rotatable bonds is 2. The quantitative estimate of drug-likeness (QED) is 0.784. The number of phenolic OH excluding ortho intramolecular Hbond substituents is 1. The van der Waals surface area contributed by atoms with Gasteiger partial charge in [0.2, 0.25) is 0 Å². The average Bonchev–Trinajstić information content (AvgIpc) is 2.30. The predicted molar refractivity (Wildman–Crippen MR) is 66.8 cm³/mol. The summed E-state index contributed by atoms with van der Waals surface area (Å²) < 4.78 is 0. The van der Waals surface area contributed by atoms with E-state index in [1.54, 1.807) is 30.5 Å². The van der Waals surface area contributed by atoms with E-state index in [0.29, 0.717) is 5.02 Å². The number of halogens is 1. The third-order valence-electron chi connectivity index (χ3n) is 2.11. The van der Waals surface area contributed by atoms with Crippen LogP contribution in [-0.2, 0) is 0 Å². The summed E-state index contributed by atoms with van der Waals surface area (Å²) in [6.07, 6.45) is 1.70. The molecule has 0 aromatic heterocycles. The summed E-state index contributed by atoms with van der Waals surface area (Å²) in [5, 5.41) is 9.78. The molecule has 2 rings (SSSR count). The van der Waals surface area contributed by atoms with Crippen molar-refractivity contribution in [3.05, 3.63) is 59.1 Å². The first-order valence-corrected chi connectivity index (χ1v) is 5.21. The Hall–Kier alpha value is -1.80. The van der Waals surface area contributed by atoms with E-state index in [4.69, 9.17) is 16.7 Å². The third kappa shape index (κ3) is 2.61. The molecule has 0 amide bonds. The van der Waals surface area contributed by atoms with Crippen LogP contribution in [0.5, 0.6) is 5.75 Å². The molecule has 0 aliphatic rings. The molecule has 0 spiro atoms. The lowest BCUT2D eigenvalue weighted by Gasteiger charge is -1.97. The Bertz CT molecular complexity index is 506. The Morgan fingerprint density at radius 3 is 2.38 bits per heavy atom. The van der Waals surface area contributed by atoms with E-state index < -0.39 is 0 Å². The lowest BCUT2D eigenvalue weighted by atomic mass is 10.2. The second-order valence-electron chi connectivity index (χ2n) is 3.30. The first-order chi connectivity index (χ1) is 7.75. The molecule has 2 nitrogen and oxygen atoms in total. The fourth-order valence-electron chi connectivity index (χ4n) is 1.26. The molecule has 0 aliphatic carbocycles. The maximum Gasteiger partial charge on any atom is 0.115 e. The van der Waals surface area contributed by atoms with E-state index in [1.807, 2.05) is 24.3 Å². The van der Waals surface area contributed by atoms with Gasteiger partial charge in [-0.15, -0.1) is 0 Å². The molecule has 0 fully saturated rings. The van der Waals surface area contributed by atoms with Gasteiger partial charge >= 0.3 is 0 Å². The average molecular weight is 232 g/mol. The molecule has 0 unspecified atom stereocenters. The third-order valence-corrected chi connectivity index (χ3v) is 2.45. The molecule has 0 saturated heterocycles. The number of hydrogen-bond donors (Lipinski definition) is 1. The fraction of sp³-hybridized carbons (Fsp3) is 0. The standard InChI is InChI=1S/C13H10ClNO/c14-13-4-2-1-3-10(13)9-15-11-5-7-12(16)8-6-11/h1-9,16H. The minimum atomic E-state index is 0.233. The predicted octanol–water partition coefficient (Wildman–Crippen LogP) is 3.80. The largest absolute Gasteiger partial charge is 0.508 e. The highest BCUT2D eigenvalue weighted by Gasteiger charge is 1.94. The smallest absolute Gasteiger partial charge is 0.115 e. The molecule has 0 saturated carbocycles. The molecule has 0 bridgehead atoms. The van der Waals surface area contributed by atoms with Crippen LogP contribution in [0.25, 0.3) is 0 Å². The van der Waals surface area contributed by atoms with Crippen molar-refractivity contribution in [3.8, 4) is 5.75 Å². The van der Waals surface area contributed by atoms with Gasteiger partial charge in [0.25, 0.3) is 0 Å². The van der Waals surface area contributed by atoms with Gasteiger partial charge < -0.3 is 5.11 Å². The summed E-state index contributed by atoms with van der Waals surface area (Å²) in [5.74, 6) is 0.233. The Balaban J connectivity index is 2.21. The second kappa shape index (κ2) is 4.81. The summed E-state index contributed by atoms with van der Waals surface area (Å²) in [6, 6.07) is 14.2. The molecule has 2 aromatic rings. The summed E-state index contributed by atoms with van der Waals surface area (Å²) in [6.45, 7) is 0. The molecule has 0 radical (unpaired) electrons. The minimum absolute atomic E-state index is 0.233. The van der Waals surface area contributed by atoms with Crippen molar-refractivity contribution in [2.75, 3.05) is 0 Å². The van der Waals surface area contributed by atoms with Crippen molar-refractivity contribution >= 4 is 23.5 Å². The lowest BCUT2D eigenvalue weighted by molar-refractivity contribution is 0.475. The molecule has 1 N–H and O–H groups in total. The molecule has 80 valence electrons. The second-order valence-corrected chi connectivity index (χ2v) is 3.70. The van der Waals surface area contributed by atoms with Crippen LogP contribution < -0.4 is 0 Å². The highest BCUT2D eigenvalue weighted by molar-refractivity contribution is 6.33. The van der Waals surface area contributed by atoms with Gasteiger partial charge in [0, 0.05) is 16.8 Å². The summed E-state index contributed by atoms with van der Waals surface area (Å²) >= 11 is 5.98. The molecule has 2 aromatic carbocycles. The molecule has 0 heterocycles. The maximum absolute atomic E-state index is 9.11. The Morgan fingerprint density at radius 1 is 1.00 bits per heavy atom. The maximum atomic E-state index is 9.11. The number of nitrogens with zero attached hydrogens (tertiary/aromatic N) is 1. The zero-order chi connectivity index (χ0) is 11.4. The number of benzene rings is 2. The van der Waals surface area contributed by atoms with E-state index in [0.717, 1.165) is 11.3 Å². The number of aromatic hydroxyl groups is 1. The van der Waals surface area contributed by atoms with Gasteiger partial charge in [0.1, 0.15) is 5.75 Å². The van der Waals surface area contributed by atoms with Crippen molar-refractivity contribution in [3.63, 3.8) is 0 Å². The summed E-state index contributed by atoms with van der Waals surface area (Å²) in [7, 11) is 0. The molecule has 0 atom stereocenters. The van der Waals surface area contributed by atoms with Crippen LogP contribution in [0, 0.1) is 0 Å². The number of aliphatic imine (C=N–C) groups is 1. The van der Waals surface area contributed by atoms with Crippen LogP contribution in [0.3, 0.4) is 0 Å². The zero-order valence-corrected chi connectivity index (χ0v) is 9.22. The number of phenols is 1. The summed E-state index contributed by atoms with van der Waals surface area (Å²) in [4.78, 5) is 4.26. The van der Waals surface area contributed by atoms with Crippen molar-refractivity contribution in [1.82, 2.24) is 0 Å². The lowest BCUT2D eigenvalue weighted by Crippen LogP contribution is -1.80. The molecule has 3 heteroatoms. The van der Waals surface area contributed by atoms with Gasteiger partial charge in [-0.3, -0.25) is 4.99 Å². The zero-order valence-electron chi connectivity index (χ0n) is 8.47. The normalized spacial score (nSPS) is 10.8. The molecule has 0 aliphatic heterocycles. The van der Waals surface area contributed by atoms with E-state index in [9.17, 15) is 0 Å². The Labute approximate surface area is 98.8 Å². The highest BCUT2D eigenvalue weighted by Crippen LogP contribution is 2.18. The van der Waals surface area contributed by atoms with Crippen molar-refractivity contribution in [2.45, 2.75) is 0 Å². The van der Waals surface area contributed by atoms with Crippen LogP contribution in [-0.4, -0.2) is 11.3 Å². The molecule has 16 heavy (non-hydrogen) atoms. The van der Waals surface area contributed by atoms with Gasteiger partial charge in [0.05, 0.1) is 5.69 Å². The van der Waals surface area contributed by atoms with Crippen LogP contribution >= 0.6 is 11.6 Å². The molecular formula is C13H10ClNO. The topological polar surface area (TPSA) is 32.6 Å². The van der Waals surface area contributed by atoms with Crippen LogP contribution in [0.15, 0.2) is 53.5 Å². The number of hydrogen-bond acceptors (Lipinski definition) is 2. The van der Waals surface area contributed by atoms with Gasteiger partial charge in [-0.05, 0) is 30.3 Å². The van der Waals surface area contributed by atoms with Gasteiger partial charge in [-0.25, -0.2) is 0 Å². The fourth-order valence-corrected chi connectivity index (χ4v) is 1.45. The van der Waals surface area contributed by atoms with Crippen molar-refractivity contribution in [2.24, 2.45) is 4.99 Å². The van der Waals surface area contributed by atoms with E-state index in [-0.39, 0.29) is 5.75 Å². The summed E-state index contributed by atoms with van der Waals surface area (Å²) in [5.41, 5.74) is 1.65. The molecular weight excluding hydrogens is 222 g/mol. The van der Waals surface area contributed by atoms with E-state index in [2.05, 4.69) is 4.99 Å². The Morgan fingerprint density at radius 2 is 1.69 bits per heavy atom. The van der Waals surface area contributed by atoms with Crippen LogP contribution in [0.4, 0.5) is 5.69 Å². The van der Waals surface area contributed by atoms with E-state index in [1.165, 1.54) is 0 Å². The SMILES string of the molecule is Oc1ccc(N=Cc2ccccc2Cl)cc1. The monoisotopic (exact) mass is 231 g/mol. The van der Waals surface area contributed by atoms with Gasteiger partial charge in [-0.1, -0.05) is 29.8 Å². The first-order valence-electron chi connectivity index (χ1n) is 4.83.